The van der Waals surface area contributed by atoms with Crippen LogP contribution in [0.5, 0.6) is 5.88 Å². The van der Waals surface area contributed by atoms with E-state index in [9.17, 15) is 4.79 Å². The Morgan fingerprint density at radius 1 is 1.15 bits per heavy atom. The van der Waals surface area contributed by atoms with E-state index in [1.54, 1.807) is 18.2 Å². The van der Waals surface area contributed by atoms with Crippen LogP contribution < -0.4 is 10.1 Å². The third-order valence-corrected chi connectivity index (χ3v) is 4.79. The van der Waals surface area contributed by atoms with Gasteiger partial charge < -0.3 is 10.1 Å². The Hall–Kier alpha value is -3.19. The zero-order chi connectivity index (χ0) is 18.6. The number of nitrogens with one attached hydrogen (secondary N) is 1. The summed E-state index contributed by atoms with van der Waals surface area (Å²) in [7, 11) is 0. The number of hydrogen-bond donors (Lipinski definition) is 1. The van der Waals surface area contributed by atoms with E-state index < -0.39 is 6.23 Å². The fraction of sp³-hybridized carbons (Fsp3) is 0.100. The highest BCUT2D eigenvalue weighted by Gasteiger charge is 2.29. The SMILES string of the molecule is C=CCSc1nnc2c(n1)OC(C(=O)c1ccccc1)Nc1ccccc1-2. The van der Waals surface area contributed by atoms with E-state index in [0.29, 0.717) is 22.2 Å². The predicted molar refractivity (Wildman–Crippen MR) is 105 cm³/mol. The first-order chi connectivity index (χ1) is 13.3. The Labute approximate surface area is 160 Å². The average molecular weight is 376 g/mol. The van der Waals surface area contributed by atoms with Crippen LogP contribution in [0.4, 0.5) is 5.69 Å². The largest absolute Gasteiger partial charge is 0.444 e. The molecule has 0 amide bonds. The van der Waals surface area contributed by atoms with Gasteiger partial charge in [0.1, 0.15) is 0 Å². The Balaban J connectivity index is 1.76. The van der Waals surface area contributed by atoms with Crippen LogP contribution in [0.25, 0.3) is 11.3 Å². The predicted octanol–water partition coefficient (Wildman–Crippen LogP) is 3.83. The molecule has 1 unspecified atom stereocenters. The summed E-state index contributed by atoms with van der Waals surface area (Å²) in [6, 6.07) is 16.6. The number of rotatable bonds is 5. The van der Waals surface area contributed by atoms with Crippen LogP contribution in [0.3, 0.4) is 0 Å². The lowest BCUT2D eigenvalue weighted by Gasteiger charge is -2.17. The van der Waals surface area contributed by atoms with Crippen molar-refractivity contribution in [3.63, 3.8) is 0 Å². The Bertz CT molecular complexity index is 994. The van der Waals surface area contributed by atoms with Gasteiger partial charge in [0, 0.05) is 22.6 Å². The van der Waals surface area contributed by atoms with E-state index in [-0.39, 0.29) is 11.7 Å². The van der Waals surface area contributed by atoms with Gasteiger partial charge in [-0.1, -0.05) is 66.4 Å². The van der Waals surface area contributed by atoms with Crippen LogP contribution in [0.2, 0.25) is 0 Å². The number of benzene rings is 2. The van der Waals surface area contributed by atoms with E-state index >= 15 is 0 Å². The summed E-state index contributed by atoms with van der Waals surface area (Å²) >= 11 is 1.40. The summed E-state index contributed by atoms with van der Waals surface area (Å²) < 4.78 is 5.96. The number of nitrogens with zero attached hydrogens (tertiary/aromatic N) is 3. The van der Waals surface area contributed by atoms with Crippen LogP contribution in [0.1, 0.15) is 10.4 Å². The summed E-state index contributed by atoms with van der Waals surface area (Å²) in [6.45, 7) is 3.69. The quantitative estimate of drug-likeness (QED) is 0.412. The van der Waals surface area contributed by atoms with Crippen LogP contribution in [-0.2, 0) is 0 Å². The van der Waals surface area contributed by atoms with Crippen LogP contribution >= 0.6 is 11.8 Å². The second-order valence-corrected chi connectivity index (χ2v) is 6.75. The molecule has 2 aromatic carbocycles. The molecule has 134 valence electrons. The molecule has 27 heavy (non-hydrogen) atoms. The molecule has 0 saturated heterocycles. The molecular formula is C20H16N4O2S. The molecule has 0 fully saturated rings. The van der Waals surface area contributed by atoms with Crippen molar-refractivity contribution < 1.29 is 9.53 Å². The topological polar surface area (TPSA) is 77.0 Å². The maximum atomic E-state index is 13.0. The number of anilines is 1. The second-order valence-electron chi connectivity index (χ2n) is 5.77. The number of fused-ring (bicyclic) bond motifs is 3. The highest BCUT2D eigenvalue weighted by atomic mass is 32.2. The standard InChI is InChI=1S/C20H16N4O2S/c1-2-12-27-20-22-18-16(23-24-20)14-10-6-7-11-15(14)21-19(26-18)17(25)13-8-4-3-5-9-13/h2-11,19,21H,1,12H2. The molecule has 0 radical (unpaired) electrons. The number of Topliss-reactive ketones (excluding diaryl/α,β-unsaturated/α-hetero) is 1. The summed E-state index contributed by atoms with van der Waals surface area (Å²) in [5.41, 5.74) is 2.59. The highest BCUT2D eigenvalue weighted by Crippen LogP contribution is 2.36. The Morgan fingerprint density at radius 3 is 2.74 bits per heavy atom. The first-order valence-corrected chi connectivity index (χ1v) is 9.35. The van der Waals surface area contributed by atoms with Gasteiger partial charge in [-0.25, -0.2) is 0 Å². The molecule has 0 bridgehead atoms. The molecule has 2 heterocycles. The van der Waals surface area contributed by atoms with Crippen molar-refractivity contribution in [3.8, 4) is 17.1 Å². The molecule has 7 heteroatoms. The number of para-hydroxylation sites is 1. The third-order valence-electron chi connectivity index (χ3n) is 3.96. The Kier molecular flexibility index (Phi) is 4.84. The molecule has 1 atom stereocenters. The number of carbonyl (C=O) groups excluding carboxylic acids is 1. The molecule has 0 aliphatic carbocycles. The molecule has 1 aliphatic heterocycles. The number of hydrogen-bond acceptors (Lipinski definition) is 7. The zero-order valence-corrected chi connectivity index (χ0v) is 15.1. The second kappa shape index (κ2) is 7.59. The molecule has 1 aromatic heterocycles. The minimum Gasteiger partial charge on any atom is -0.444 e. The normalized spacial score (nSPS) is 14.7. The lowest BCUT2D eigenvalue weighted by Crippen LogP contribution is -2.35. The first-order valence-electron chi connectivity index (χ1n) is 8.36. The fourth-order valence-electron chi connectivity index (χ4n) is 2.71. The average Bonchev–Trinajstić information content (AvgIpc) is 2.88. The van der Waals surface area contributed by atoms with E-state index in [0.717, 1.165) is 11.3 Å². The van der Waals surface area contributed by atoms with Crippen molar-refractivity contribution in [1.82, 2.24) is 15.2 Å². The maximum Gasteiger partial charge on any atom is 0.247 e. The molecule has 1 aliphatic rings. The maximum absolute atomic E-state index is 13.0. The fourth-order valence-corrected chi connectivity index (χ4v) is 3.23. The summed E-state index contributed by atoms with van der Waals surface area (Å²) in [4.78, 5) is 17.4. The summed E-state index contributed by atoms with van der Waals surface area (Å²) in [6.07, 6.45) is 0.850. The highest BCUT2D eigenvalue weighted by molar-refractivity contribution is 7.99. The lowest BCUT2D eigenvalue weighted by atomic mass is 10.1. The van der Waals surface area contributed by atoms with Gasteiger partial charge >= 0.3 is 0 Å². The van der Waals surface area contributed by atoms with Gasteiger partial charge in [-0.05, 0) is 6.07 Å². The number of thioether (sulfide) groups is 1. The van der Waals surface area contributed by atoms with Crippen molar-refractivity contribution in [2.45, 2.75) is 11.4 Å². The van der Waals surface area contributed by atoms with Crippen molar-refractivity contribution in [2.24, 2.45) is 0 Å². The van der Waals surface area contributed by atoms with Crippen molar-refractivity contribution >= 4 is 23.2 Å². The van der Waals surface area contributed by atoms with E-state index in [2.05, 4.69) is 27.1 Å². The molecular weight excluding hydrogens is 360 g/mol. The monoisotopic (exact) mass is 376 g/mol. The number of carbonyl (C=O) groups is 1. The van der Waals surface area contributed by atoms with Gasteiger partial charge in [0.05, 0.1) is 0 Å². The summed E-state index contributed by atoms with van der Waals surface area (Å²) in [5, 5.41) is 12.1. The molecule has 3 aromatic rings. The van der Waals surface area contributed by atoms with Crippen molar-refractivity contribution in [2.75, 3.05) is 11.1 Å². The Morgan fingerprint density at radius 2 is 1.93 bits per heavy atom. The first kappa shape index (κ1) is 17.2. The van der Waals surface area contributed by atoms with Crippen LogP contribution in [-0.4, -0.2) is 32.9 Å². The molecule has 4 rings (SSSR count). The minimum absolute atomic E-state index is 0.183. The number of aromatic nitrogens is 3. The van der Waals surface area contributed by atoms with E-state index in [1.807, 2.05) is 42.5 Å². The summed E-state index contributed by atoms with van der Waals surface area (Å²) in [5.74, 6) is 0.752. The molecule has 0 saturated carbocycles. The van der Waals surface area contributed by atoms with Crippen molar-refractivity contribution in [3.05, 3.63) is 72.8 Å². The van der Waals surface area contributed by atoms with E-state index in [4.69, 9.17) is 4.74 Å². The molecule has 6 nitrogen and oxygen atoms in total. The van der Waals surface area contributed by atoms with Crippen molar-refractivity contribution in [1.29, 1.82) is 0 Å². The van der Waals surface area contributed by atoms with Gasteiger partial charge in [0.15, 0.2) is 5.69 Å². The number of ether oxygens (including phenoxy) is 1. The number of ketones is 1. The lowest BCUT2D eigenvalue weighted by molar-refractivity contribution is 0.0823. The molecule has 1 N–H and O–H groups in total. The van der Waals surface area contributed by atoms with E-state index in [1.165, 1.54) is 11.8 Å². The third kappa shape index (κ3) is 3.54. The van der Waals surface area contributed by atoms with Crippen LogP contribution in [0.15, 0.2) is 72.4 Å². The van der Waals surface area contributed by atoms with Gasteiger partial charge in [-0.2, -0.15) is 4.98 Å². The van der Waals surface area contributed by atoms with Crippen LogP contribution in [0, 0.1) is 0 Å². The van der Waals surface area contributed by atoms with Gasteiger partial charge in [-0.15, -0.1) is 16.8 Å². The van der Waals surface area contributed by atoms with Gasteiger partial charge in [-0.3, -0.25) is 4.79 Å². The van der Waals surface area contributed by atoms with Gasteiger partial charge in [0.25, 0.3) is 0 Å². The van der Waals surface area contributed by atoms with Gasteiger partial charge in [0.2, 0.25) is 23.0 Å². The zero-order valence-electron chi connectivity index (χ0n) is 14.3. The molecule has 0 spiro atoms. The minimum atomic E-state index is -0.913. The smallest absolute Gasteiger partial charge is 0.247 e.